The van der Waals surface area contributed by atoms with Crippen LogP contribution in [0.5, 0.6) is 0 Å². The molecule has 0 bridgehead atoms. The van der Waals surface area contributed by atoms with Crippen LogP contribution in [0.15, 0.2) is 29.4 Å². The molecule has 0 saturated carbocycles. The zero-order chi connectivity index (χ0) is 15.1. The van der Waals surface area contributed by atoms with Crippen LogP contribution < -0.4 is 11.1 Å². The second-order valence-corrected chi connectivity index (χ2v) is 5.15. The number of nitrogens with one attached hydrogen (secondary N) is 1. The smallest absolute Gasteiger partial charge is 0.222 e. The topological polar surface area (TPSA) is 96.9 Å². The lowest BCUT2D eigenvalue weighted by molar-refractivity contribution is -0.125. The quantitative estimate of drug-likeness (QED) is 0.330. The van der Waals surface area contributed by atoms with Crippen molar-refractivity contribution in [3.05, 3.63) is 35.4 Å². The molecule has 1 aromatic rings. The lowest BCUT2D eigenvalue weighted by atomic mass is 10.1. The van der Waals surface area contributed by atoms with Gasteiger partial charge in [-0.3, -0.25) is 4.79 Å². The van der Waals surface area contributed by atoms with Gasteiger partial charge in [0.15, 0.2) is 5.84 Å². The van der Waals surface area contributed by atoms with Gasteiger partial charge in [0.2, 0.25) is 5.91 Å². The number of nitrogens with two attached hydrogens (primary N) is 1. The number of nitrogens with zero attached hydrogens (tertiary/aromatic N) is 1. The molecule has 21 heavy (non-hydrogen) atoms. The molecule has 6 nitrogen and oxygen atoms in total. The van der Waals surface area contributed by atoms with E-state index in [1.165, 1.54) is 0 Å². The predicted octanol–water partition coefficient (Wildman–Crippen LogP) is 1.36. The van der Waals surface area contributed by atoms with E-state index < -0.39 is 0 Å². The van der Waals surface area contributed by atoms with Gasteiger partial charge in [-0.2, -0.15) is 0 Å². The fourth-order valence-electron chi connectivity index (χ4n) is 2.30. The third-order valence-corrected chi connectivity index (χ3v) is 3.53. The molecular weight excluding hydrogens is 270 g/mol. The number of oxime groups is 1. The summed E-state index contributed by atoms with van der Waals surface area (Å²) >= 11 is 0. The Hall–Kier alpha value is -2.08. The van der Waals surface area contributed by atoms with Gasteiger partial charge >= 0.3 is 0 Å². The maximum Gasteiger partial charge on any atom is 0.222 e. The highest BCUT2D eigenvalue weighted by atomic mass is 16.5. The van der Waals surface area contributed by atoms with Crippen molar-refractivity contribution in [2.75, 3.05) is 6.61 Å². The fourth-order valence-corrected chi connectivity index (χ4v) is 2.30. The molecule has 0 aliphatic carbocycles. The van der Waals surface area contributed by atoms with Gasteiger partial charge in [0.1, 0.15) is 0 Å². The number of hydrogen-bond donors (Lipinski definition) is 3. The third kappa shape index (κ3) is 4.75. The van der Waals surface area contributed by atoms with E-state index in [0.29, 0.717) is 18.5 Å². The van der Waals surface area contributed by atoms with E-state index in [9.17, 15) is 4.79 Å². The molecule has 1 atom stereocenters. The van der Waals surface area contributed by atoms with Crippen molar-refractivity contribution in [1.82, 2.24) is 5.32 Å². The summed E-state index contributed by atoms with van der Waals surface area (Å²) in [6.45, 7) is 1.22. The molecule has 2 rings (SSSR count). The minimum absolute atomic E-state index is 0.00223. The van der Waals surface area contributed by atoms with Gasteiger partial charge in [-0.05, 0) is 24.8 Å². The van der Waals surface area contributed by atoms with Crippen LogP contribution in [0.1, 0.15) is 36.8 Å². The average Bonchev–Trinajstić information content (AvgIpc) is 2.53. The minimum Gasteiger partial charge on any atom is -0.409 e. The van der Waals surface area contributed by atoms with Crippen molar-refractivity contribution >= 4 is 11.7 Å². The molecule has 6 heteroatoms. The second-order valence-electron chi connectivity index (χ2n) is 5.15. The first-order valence-electron chi connectivity index (χ1n) is 7.14. The largest absolute Gasteiger partial charge is 0.409 e. The summed E-state index contributed by atoms with van der Waals surface area (Å²) in [5, 5.41) is 14.4. The average molecular weight is 291 g/mol. The Morgan fingerprint density at radius 1 is 1.38 bits per heavy atom. The van der Waals surface area contributed by atoms with E-state index in [1.807, 2.05) is 12.1 Å². The Morgan fingerprint density at radius 3 is 2.76 bits per heavy atom. The van der Waals surface area contributed by atoms with E-state index in [2.05, 4.69) is 10.5 Å². The van der Waals surface area contributed by atoms with Crippen LogP contribution in [0.25, 0.3) is 0 Å². The molecule has 1 unspecified atom stereocenters. The van der Waals surface area contributed by atoms with Gasteiger partial charge < -0.3 is 21.0 Å². The summed E-state index contributed by atoms with van der Waals surface area (Å²) in [5.74, 6) is 0.0717. The molecule has 1 aliphatic heterocycles. The highest BCUT2D eigenvalue weighted by Crippen LogP contribution is 2.15. The normalized spacial score (nSPS) is 19.2. The van der Waals surface area contributed by atoms with Crippen LogP contribution in [0, 0.1) is 0 Å². The van der Waals surface area contributed by atoms with Crippen LogP contribution in [0.3, 0.4) is 0 Å². The highest BCUT2D eigenvalue weighted by Gasteiger charge is 2.17. The summed E-state index contributed by atoms with van der Waals surface area (Å²) in [6, 6.07) is 7.18. The van der Waals surface area contributed by atoms with Crippen LogP contribution in [0.4, 0.5) is 0 Å². The first kappa shape index (κ1) is 15.3. The van der Waals surface area contributed by atoms with E-state index in [-0.39, 0.29) is 17.8 Å². The van der Waals surface area contributed by atoms with Gasteiger partial charge in [-0.15, -0.1) is 0 Å². The van der Waals surface area contributed by atoms with E-state index in [0.717, 1.165) is 31.4 Å². The van der Waals surface area contributed by atoms with Crippen molar-refractivity contribution in [1.29, 1.82) is 0 Å². The van der Waals surface area contributed by atoms with Gasteiger partial charge in [-0.1, -0.05) is 29.4 Å². The molecule has 0 spiro atoms. The lowest BCUT2D eigenvalue weighted by Crippen LogP contribution is -2.30. The second kappa shape index (κ2) is 7.64. The molecule has 114 valence electrons. The Kier molecular flexibility index (Phi) is 5.57. The minimum atomic E-state index is 0.00223. The zero-order valence-corrected chi connectivity index (χ0v) is 11.9. The molecule has 1 heterocycles. The Labute approximate surface area is 124 Å². The van der Waals surface area contributed by atoms with Crippen LogP contribution in [-0.4, -0.2) is 29.7 Å². The maximum absolute atomic E-state index is 11.8. The summed E-state index contributed by atoms with van der Waals surface area (Å²) in [4.78, 5) is 11.8. The van der Waals surface area contributed by atoms with Gasteiger partial charge in [0.05, 0.1) is 12.5 Å². The number of amidine groups is 1. The number of carbonyl (C=O) groups excluding carboxylic acids is 1. The molecule has 0 aromatic heterocycles. The van der Waals surface area contributed by atoms with E-state index in [1.54, 1.807) is 12.1 Å². The van der Waals surface area contributed by atoms with Crippen molar-refractivity contribution in [3.8, 4) is 0 Å². The maximum atomic E-state index is 11.8. The van der Waals surface area contributed by atoms with Crippen LogP contribution in [-0.2, 0) is 16.1 Å². The van der Waals surface area contributed by atoms with Crippen LogP contribution >= 0.6 is 0 Å². The molecule has 4 N–H and O–H groups in total. The predicted molar refractivity (Wildman–Crippen MR) is 79.0 cm³/mol. The molecule has 1 aromatic carbocycles. The molecule has 1 amide bonds. The lowest BCUT2D eigenvalue weighted by Gasteiger charge is -2.21. The number of hydrogen-bond acceptors (Lipinski definition) is 4. The van der Waals surface area contributed by atoms with Gasteiger partial charge in [-0.25, -0.2) is 0 Å². The standard InChI is InChI=1S/C15H21N3O3/c16-15(18-20)12-6-4-11(5-7-12)10-17-14(19)9-13-3-1-2-8-21-13/h4-7,13,20H,1-3,8-10H2,(H2,16,18)(H,17,19). The van der Waals surface area contributed by atoms with Crippen molar-refractivity contribution in [2.24, 2.45) is 10.9 Å². The molecule has 0 radical (unpaired) electrons. The number of amides is 1. The summed E-state index contributed by atoms with van der Waals surface area (Å²) < 4.78 is 5.54. The van der Waals surface area contributed by atoms with E-state index >= 15 is 0 Å². The Balaban J connectivity index is 1.78. The first-order valence-corrected chi connectivity index (χ1v) is 7.14. The first-order chi connectivity index (χ1) is 10.2. The zero-order valence-electron chi connectivity index (χ0n) is 11.9. The van der Waals surface area contributed by atoms with Crippen LogP contribution in [0.2, 0.25) is 0 Å². The SMILES string of the molecule is N/C(=N/O)c1ccc(CNC(=O)CC2CCCCO2)cc1. The van der Waals surface area contributed by atoms with Crippen molar-refractivity contribution in [3.63, 3.8) is 0 Å². The molecule has 1 saturated heterocycles. The van der Waals surface area contributed by atoms with Crippen molar-refractivity contribution in [2.45, 2.75) is 38.3 Å². The monoisotopic (exact) mass is 291 g/mol. The van der Waals surface area contributed by atoms with Crippen molar-refractivity contribution < 1.29 is 14.7 Å². The Morgan fingerprint density at radius 2 is 2.14 bits per heavy atom. The highest BCUT2D eigenvalue weighted by molar-refractivity contribution is 5.96. The number of carbonyl (C=O) groups is 1. The number of rotatable bonds is 5. The fraction of sp³-hybridized carbons (Fsp3) is 0.467. The third-order valence-electron chi connectivity index (χ3n) is 3.53. The summed E-state index contributed by atoms with van der Waals surface area (Å²) in [7, 11) is 0. The Bertz CT molecular complexity index is 493. The summed E-state index contributed by atoms with van der Waals surface area (Å²) in [5.41, 5.74) is 7.09. The molecular formula is C15H21N3O3. The molecule has 1 fully saturated rings. The van der Waals surface area contributed by atoms with E-state index in [4.69, 9.17) is 15.7 Å². The molecule has 1 aliphatic rings. The number of ether oxygens (including phenoxy) is 1. The van der Waals surface area contributed by atoms with Gasteiger partial charge in [0, 0.05) is 18.7 Å². The summed E-state index contributed by atoms with van der Waals surface area (Å²) in [6.07, 6.45) is 3.66. The van der Waals surface area contributed by atoms with Gasteiger partial charge in [0.25, 0.3) is 0 Å². The number of benzene rings is 1.